The van der Waals surface area contributed by atoms with E-state index in [-0.39, 0.29) is 17.3 Å². The highest BCUT2D eigenvalue weighted by Crippen LogP contribution is 2.36. The third-order valence-electron chi connectivity index (χ3n) is 4.55. The van der Waals surface area contributed by atoms with Crippen molar-refractivity contribution in [2.24, 2.45) is 0 Å². The molecule has 0 amide bonds. The van der Waals surface area contributed by atoms with Gasteiger partial charge in [-0.1, -0.05) is 13.3 Å². The first kappa shape index (κ1) is 22.6. The monoisotopic (exact) mass is 439 g/mol. The zero-order valence-electron chi connectivity index (χ0n) is 18.1. The standard InChI is InChI=1S/C22H25N5O5/c1-4-5-12-32-16-8-6-15(7-9-16)25-21-20(27(28)29)22(24-14-23-21)26-18-11-10-17(30-2)13-19(18)31-3/h6-11,13-14H,4-5,12H2,1-3H3,(H2,23,24,25,26). The summed E-state index contributed by atoms with van der Waals surface area (Å²) in [5.74, 6) is 1.85. The maximum atomic E-state index is 11.9. The first-order chi connectivity index (χ1) is 15.5. The van der Waals surface area contributed by atoms with Gasteiger partial charge in [0.05, 0.1) is 31.4 Å². The number of nitrogens with zero attached hydrogens (tertiary/aromatic N) is 3. The molecule has 0 atom stereocenters. The van der Waals surface area contributed by atoms with E-state index < -0.39 is 4.92 Å². The molecule has 0 saturated heterocycles. The van der Waals surface area contributed by atoms with Gasteiger partial charge in [-0.3, -0.25) is 10.1 Å². The molecule has 2 N–H and O–H groups in total. The molecule has 3 aromatic rings. The lowest BCUT2D eigenvalue weighted by Gasteiger charge is -2.13. The maximum Gasteiger partial charge on any atom is 0.353 e. The van der Waals surface area contributed by atoms with Gasteiger partial charge in [0.1, 0.15) is 23.6 Å². The number of nitro groups is 1. The average molecular weight is 439 g/mol. The smallest absolute Gasteiger partial charge is 0.353 e. The van der Waals surface area contributed by atoms with Crippen LogP contribution in [0.4, 0.5) is 28.7 Å². The summed E-state index contributed by atoms with van der Waals surface area (Å²) in [5, 5.41) is 17.8. The highest BCUT2D eigenvalue weighted by atomic mass is 16.6. The molecule has 10 heteroatoms. The van der Waals surface area contributed by atoms with Crippen molar-refractivity contribution in [2.45, 2.75) is 19.8 Å². The molecular weight excluding hydrogens is 414 g/mol. The summed E-state index contributed by atoms with van der Waals surface area (Å²) in [6, 6.07) is 12.2. The quantitative estimate of drug-likeness (QED) is 0.240. The fourth-order valence-corrected chi connectivity index (χ4v) is 2.87. The van der Waals surface area contributed by atoms with Crippen LogP contribution in [0.5, 0.6) is 17.2 Å². The van der Waals surface area contributed by atoms with Crippen molar-refractivity contribution in [2.75, 3.05) is 31.5 Å². The molecule has 0 radical (unpaired) electrons. The lowest BCUT2D eigenvalue weighted by molar-refractivity contribution is -0.383. The summed E-state index contributed by atoms with van der Waals surface area (Å²) >= 11 is 0. The van der Waals surface area contributed by atoms with Gasteiger partial charge in [0, 0.05) is 11.8 Å². The van der Waals surface area contributed by atoms with Gasteiger partial charge in [-0.2, -0.15) is 0 Å². The lowest BCUT2D eigenvalue weighted by Crippen LogP contribution is -2.06. The number of benzene rings is 2. The van der Waals surface area contributed by atoms with Gasteiger partial charge in [-0.15, -0.1) is 0 Å². The van der Waals surface area contributed by atoms with Crippen molar-refractivity contribution in [3.05, 3.63) is 58.9 Å². The second kappa shape index (κ2) is 10.8. The highest BCUT2D eigenvalue weighted by Gasteiger charge is 2.24. The Balaban J connectivity index is 1.85. The molecule has 1 heterocycles. The minimum atomic E-state index is -0.539. The van der Waals surface area contributed by atoms with Crippen molar-refractivity contribution in [1.29, 1.82) is 0 Å². The summed E-state index contributed by atoms with van der Waals surface area (Å²) in [6.07, 6.45) is 3.27. The van der Waals surface area contributed by atoms with Crippen LogP contribution in [0.15, 0.2) is 48.8 Å². The summed E-state index contributed by atoms with van der Waals surface area (Å²) in [4.78, 5) is 19.4. The molecule has 10 nitrogen and oxygen atoms in total. The predicted molar refractivity (Wildman–Crippen MR) is 122 cm³/mol. The number of ether oxygens (including phenoxy) is 3. The van der Waals surface area contributed by atoms with Crippen LogP contribution in [0.2, 0.25) is 0 Å². The molecule has 0 aliphatic rings. The third kappa shape index (κ3) is 5.54. The summed E-state index contributed by atoms with van der Waals surface area (Å²) in [6.45, 7) is 2.74. The Labute approximate surface area is 185 Å². The van der Waals surface area contributed by atoms with Gasteiger partial charge in [0.25, 0.3) is 0 Å². The van der Waals surface area contributed by atoms with Crippen molar-refractivity contribution in [3.8, 4) is 17.2 Å². The number of methoxy groups -OCH3 is 2. The zero-order valence-corrected chi connectivity index (χ0v) is 18.1. The summed E-state index contributed by atoms with van der Waals surface area (Å²) in [7, 11) is 3.04. The van der Waals surface area contributed by atoms with Gasteiger partial charge in [-0.25, -0.2) is 9.97 Å². The fourth-order valence-electron chi connectivity index (χ4n) is 2.87. The van der Waals surface area contributed by atoms with Gasteiger partial charge in [0.15, 0.2) is 0 Å². The van der Waals surface area contributed by atoms with E-state index in [9.17, 15) is 10.1 Å². The highest BCUT2D eigenvalue weighted by molar-refractivity contribution is 5.78. The van der Waals surface area contributed by atoms with Crippen molar-refractivity contribution in [3.63, 3.8) is 0 Å². The van der Waals surface area contributed by atoms with E-state index in [4.69, 9.17) is 14.2 Å². The average Bonchev–Trinajstić information content (AvgIpc) is 2.80. The van der Waals surface area contributed by atoms with E-state index in [1.54, 1.807) is 49.6 Å². The molecule has 2 aromatic carbocycles. The molecule has 0 aliphatic heterocycles. The van der Waals surface area contributed by atoms with Crippen LogP contribution in [-0.4, -0.2) is 35.7 Å². The van der Waals surface area contributed by atoms with Crippen LogP contribution < -0.4 is 24.8 Å². The van der Waals surface area contributed by atoms with E-state index in [1.807, 2.05) is 0 Å². The Morgan fingerprint density at radius 3 is 2.28 bits per heavy atom. The second-order valence-electron chi connectivity index (χ2n) is 6.72. The normalized spacial score (nSPS) is 10.3. The van der Waals surface area contributed by atoms with Gasteiger partial charge >= 0.3 is 5.69 Å². The second-order valence-corrected chi connectivity index (χ2v) is 6.72. The van der Waals surface area contributed by atoms with Crippen LogP contribution in [0.3, 0.4) is 0 Å². The van der Waals surface area contributed by atoms with Crippen LogP contribution in [0.1, 0.15) is 19.8 Å². The molecule has 0 aliphatic carbocycles. The van der Waals surface area contributed by atoms with Gasteiger partial charge < -0.3 is 24.8 Å². The molecule has 0 bridgehead atoms. The first-order valence-electron chi connectivity index (χ1n) is 10.0. The van der Waals surface area contributed by atoms with Crippen LogP contribution in [0, 0.1) is 10.1 Å². The van der Waals surface area contributed by atoms with E-state index >= 15 is 0 Å². The fraction of sp³-hybridized carbons (Fsp3) is 0.273. The minimum absolute atomic E-state index is 0.0236. The molecule has 0 spiro atoms. The third-order valence-corrected chi connectivity index (χ3v) is 4.55. The number of nitrogens with one attached hydrogen (secondary N) is 2. The topological polar surface area (TPSA) is 121 Å². The van der Waals surface area contributed by atoms with Crippen LogP contribution >= 0.6 is 0 Å². The Bertz CT molecular complexity index is 1060. The summed E-state index contributed by atoms with van der Waals surface area (Å²) < 4.78 is 16.2. The number of hydrogen-bond acceptors (Lipinski definition) is 9. The SMILES string of the molecule is CCCCOc1ccc(Nc2ncnc(Nc3ccc(OC)cc3OC)c2[N+](=O)[O-])cc1. The number of hydrogen-bond donors (Lipinski definition) is 2. The predicted octanol–water partition coefficient (Wildman–Crippen LogP) is 5.07. The number of unbranched alkanes of at least 4 members (excludes halogenated alkanes) is 1. The Hall–Kier alpha value is -4.08. The van der Waals surface area contributed by atoms with E-state index in [1.165, 1.54) is 13.4 Å². The molecular formula is C22H25N5O5. The molecule has 1 aromatic heterocycles. The van der Waals surface area contributed by atoms with Crippen LogP contribution in [-0.2, 0) is 0 Å². The molecule has 3 rings (SSSR count). The molecule has 0 unspecified atom stereocenters. The molecule has 0 saturated carbocycles. The number of aromatic nitrogens is 2. The van der Waals surface area contributed by atoms with Gasteiger partial charge in [0.2, 0.25) is 11.6 Å². The maximum absolute atomic E-state index is 11.9. The van der Waals surface area contributed by atoms with E-state index in [0.717, 1.165) is 18.6 Å². The van der Waals surface area contributed by atoms with E-state index in [0.29, 0.717) is 29.5 Å². The van der Waals surface area contributed by atoms with Crippen molar-refractivity contribution >= 4 is 28.7 Å². The van der Waals surface area contributed by atoms with Gasteiger partial charge in [-0.05, 0) is 42.8 Å². The zero-order chi connectivity index (χ0) is 22.9. The number of rotatable bonds is 11. The molecule has 168 valence electrons. The molecule has 0 fully saturated rings. The Kier molecular flexibility index (Phi) is 7.63. The Morgan fingerprint density at radius 2 is 1.66 bits per heavy atom. The minimum Gasteiger partial charge on any atom is -0.497 e. The van der Waals surface area contributed by atoms with E-state index in [2.05, 4.69) is 27.5 Å². The first-order valence-corrected chi connectivity index (χ1v) is 10.0. The van der Waals surface area contributed by atoms with Crippen LogP contribution in [0.25, 0.3) is 0 Å². The van der Waals surface area contributed by atoms with Crippen molar-refractivity contribution < 1.29 is 19.1 Å². The number of anilines is 4. The Morgan fingerprint density at radius 1 is 0.969 bits per heavy atom. The lowest BCUT2D eigenvalue weighted by atomic mass is 10.2. The largest absolute Gasteiger partial charge is 0.497 e. The summed E-state index contributed by atoms with van der Waals surface area (Å²) in [5.41, 5.74) is 0.825. The molecule has 32 heavy (non-hydrogen) atoms. The van der Waals surface area contributed by atoms with Crippen molar-refractivity contribution in [1.82, 2.24) is 9.97 Å².